The second-order valence-corrected chi connectivity index (χ2v) is 6.16. The van der Waals surface area contributed by atoms with Crippen molar-refractivity contribution < 1.29 is 0 Å². The molecule has 1 saturated heterocycles. The Bertz CT molecular complexity index is 412. The minimum atomic E-state index is 0.443. The van der Waals surface area contributed by atoms with E-state index >= 15 is 0 Å². The lowest BCUT2D eigenvalue weighted by Crippen LogP contribution is -2.50. The Kier molecular flexibility index (Phi) is 3.79. The Morgan fingerprint density at radius 1 is 1.11 bits per heavy atom. The van der Waals surface area contributed by atoms with E-state index in [0.717, 1.165) is 6.54 Å². The summed E-state index contributed by atoms with van der Waals surface area (Å²) in [4.78, 5) is 2.55. The van der Waals surface area contributed by atoms with E-state index in [1.165, 1.54) is 62.9 Å². The summed E-state index contributed by atoms with van der Waals surface area (Å²) in [6.07, 6.45) is 8.07. The van der Waals surface area contributed by atoms with Crippen LogP contribution in [0, 0.1) is 0 Å². The standard InChI is InChI=1S/C17H26N2/c1-2-17(10-7-11-17)18-14-15-8-3-4-9-16(15)19-12-5-6-13-19/h3-4,8-9,18H,2,5-7,10-14H2,1H3. The predicted octanol–water partition coefficient (Wildman–Crippen LogP) is 3.71. The zero-order chi connectivity index (χ0) is 13.1. The number of rotatable bonds is 5. The first-order valence-corrected chi connectivity index (χ1v) is 7.91. The lowest BCUT2D eigenvalue weighted by molar-refractivity contribution is 0.175. The van der Waals surface area contributed by atoms with Gasteiger partial charge in [-0.25, -0.2) is 0 Å². The van der Waals surface area contributed by atoms with Gasteiger partial charge in [-0.15, -0.1) is 0 Å². The number of para-hydroxylation sites is 1. The van der Waals surface area contributed by atoms with Gasteiger partial charge in [0.2, 0.25) is 0 Å². The molecule has 3 rings (SSSR count). The van der Waals surface area contributed by atoms with E-state index in [9.17, 15) is 0 Å². The molecule has 104 valence electrons. The van der Waals surface area contributed by atoms with Crippen LogP contribution in [0.1, 0.15) is 51.0 Å². The van der Waals surface area contributed by atoms with Crippen molar-refractivity contribution in [2.24, 2.45) is 0 Å². The van der Waals surface area contributed by atoms with E-state index in [2.05, 4.69) is 41.4 Å². The minimum absolute atomic E-state index is 0.443. The summed E-state index contributed by atoms with van der Waals surface area (Å²) in [7, 11) is 0. The van der Waals surface area contributed by atoms with Gasteiger partial charge in [0.25, 0.3) is 0 Å². The van der Waals surface area contributed by atoms with Crippen LogP contribution >= 0.6 is 0 Å². The first kappa shape index (κ1) is 13.0. The van der Waals surface area contributed by atoms with Crippen molar-refractivity contribution in [3.05, 3.63) is 29.8 Å². The van der Waals surface area contributed by atoms with Crippen LogP contribution in [0.25, 0.3) is 0 Å². The molecule has 1 aliphatic carbocycles. The molecule has 19 heavy (non-hydrogen) atoms. The molecule has 1 aliphatic heterocycles. The number of hydrogen-bond donors (Lipinski definition) is 1. The van der Waals surface area contributed by atoms with E-state index in [0.29, 0.717) is 5.54 Å². The van der Waals surface area contributed by atoms with Gasteiger partial charge in [-0.2, -0.15) is 0 Å². The first-order valence-electron chi connectivity index (χ1n) is 7.91. The average molecular weight is 258 g/mol. The molecule has 1 aromatic rings. The predicted molar refractivity (Wildman–Crippen MR) is 81.6 cm³/mol. The molecule has 2 fully saturated rings. The fourth-order valence-electron chi connectivity index (χ4n) is 3.47. The first-order chi connectivity index (χ1) is 9.33. The quantitative estimate of drug-likeness (QED) is 0.866. The average Bonchev–Trinajstić information content (AvgIpc) is 2.92. The topological polar surface area (TPSA) is 15.3 Å². The number of nitrogens with zero attached hydrogens (tertiary/aromatic N) is 1. The SMILES string of the molecule is CCC1(NCc2ccccc2N2CCCC2)CCC1. The van der Waals surface area contributed by atoms with Crippen LogP contribution in [0.4, 0.5) is 5.69 Å². The fraction of sp³-hybridized carbons (Fsp3) is 0.647. The van der Waals surface area contributed by atoms with Gasteiger partial charge in [-0.3, -0.25) is 0 Å². The van der Waals surface area contributed by atoms with E-state index in [1.54, 1.807) is 0 Å². The van der Waals surface area contributed by atoms with E-state index in [-0.39, 0.29) is 0 Å². The van der Waals surface area contributed by atoms with Crippen LogP contribution in [-0.4, -0.2) is 18.6 Å². The van der Waals surface area contributed by atoms with E-state index < -0.39 is 0 Å². The third-order valence-electron chi connectivity index (χ3n) is 5.08. The van der Waals surface area contributed by atoms with Gasteiger partial charge in [0, 0.05) is 30.9 Å². The number of benzene rings is 1. The lowest BCUT2D eigenvalue weighted by Gasteiger charge is -2.42. The number of anilines is 1. The summed E-state index contributed by atoms with van der Waals surface area (Å²) >= 11 is 0. The van der Waals surface area contributed by atoms with E-state index in [4.69, 9.17) is 0 Å². The van der Waals surface area contributed by atoms with Gasteiger partial charge < -0.3 is 10.2 Å². The molecule has 2 heteroatoms. The lowest BCUT2D eigenvalue weighted by atomic mass is 9.75. The molecule has 1 N–H and O–H groups in total. The molecule has 1 aromatic carbocycles. The molecule has 1 heterocycles. The maximum absolute atomic E-state index is 3.84. The van der Waals surface area contributed by atoms with Crippen molar-refractivity contribution in [3.63, 3.8) is 0 Å². The molecule has 0 radical (unpaired) electrons. The van der Waals surface area contributed by atoms with Crippen LogP contribution < -0.4 is 10.2 Å². The number of hydrogen-bond acceptors (Lipinski definition) is 2. The molecule has 0 unspecified atom stereocenters. The largest absolute Gasteiger partial charge is 0.371 e. The normalized spacial score (nSPS) is 21.4. The van der Waals surface area contributed by atoms with Crippen LogP contribution in [-0.2, 0) is 6.54 Å². The van der Waals surface area contributed by atoms with Crippen molar-refractivity contribution in [3.8, 4) is 0 Å². The second-order valence-electron chi connectivity index (χ2n) is 6.16. The zero-order valence-corrected chi connectivity index (χ0v) is 12.1. The van der Waals surface area contributed by atoms with Gasteiger partial charge in [0.05, 0.1) is 0 Å². The summed E-state index contributed by atoms with van der Waals surface area (Å²) in [5.74, 6) is 0. The highest BCUT2D eigenvalue weighted by molar-refractivity contribution is 5.54. The van der Waals surface area contributed by atoms with Crippen molar-refractivity contribution in [2.45, 2.75) is 57.5 Å². The van der Waals surface area contributed by atoms with Gasteiger partial charge >= 0.3 is 0 Å². The van der Waals surface area contributed by atoms with E-state index in [1.807, 2.05) is 0 Å². The molecule has 0 atom stereocenters. The summed E-state index contributed by atoms with van der Waals surface area (Å²) in [6, 6.07) is 8.94. The molecular formula is C17H26N2. The summed E-state index contributed by atoms with van der Waals surface area (Å²) in [5.41, 5.74) is 3.38. The van der Waals surface area contributed by atoms with Crippen molar-refractivity contribution in [1.29, 1.82) is 0 Å². The van der Waals surface area contributed by atoms with Crippen molar-refractivity contribution >= 4 is 5.69 Å². The summed E-state index contributed by atoms with van der Waals surface area (Å²) < 4.78 is 0. The molecule has 2 aliphatic rings. The Morgan fingerprint density at radius 2 is 1.84 bits per heavy atom. The van der Waals surface area contributed by atoms with Crippen molar-refractivity contribution in [1.82, 2.24) is 5.32 Å². The van der Waals surface area contributed by atoms with Gasteiger partial charge in [0.1, 0.15) is 0 Å². The Labute approximate surface area is 117 Å². The maximum Gasteiger partial charge on any atom is 0.0411 e. The molecule has 2 nitrogen and oxygen atoms in total. The highest BCUT2D eigenvalue weighted by Gasteiger charge is 2.34. The molecule has 0 bridgehead atoms. The van der Waals surface area contributed by atoms with Crippen LogP contribution in [0.2, 0.25) is 0 Å². The highest BCUT2D eigenvalue weighted by Crippen LogP contribution is 2.35. The van der Waals surface area contributed by atoms with Gasteiger partial charge in [-0.1, -0.05) is 25.1 Å². The molecule has 0 amide bonds. The van der Waals surface area contributed by atoms with Crippen LogP contribution in [0.3, 0.4) is 0 Å². The van der Waals surface area contributed by atoms with Crippen LogP contribution in [0.5, 0.6) is 0 Å². The minimum Gasteiger partial charge on any atom is -0.371 e. The molecule has 0 spiro atoms. The zero-order valence-electron chi connectivity index (χ0n) is 12.1. The number of nitrogens with one attached hydrogen (secondary N) is 1. The van der Waals surface area contributed by atoms with Gasteiger partial charge in [-0.05, 0) is 50.2 Å². The third-order valence-corrected chi connectivity index (χ3v) is 5.08. The Hall–Kier alpha value is -1.02. The maximum atomic E-state index is 3.84. The Morgan fingerprint density at radius 3 is 2.47 bits per heavy atom. The third kappa shape index (κ3) is 2.64. The smallest absolute Gasteiger partial charge is 0.0411 e. The molecule has 0 aromatic heterocycles. The van der Waals surface area contributed by atoms with Crippen molar-refractivity contribution in [2.75, 3.05) is 18.0 Å². The molecular weight excluding hydrogens is 232 g/mol. The second kappa shape index (κ2) is 5.54. The monoisotopic (exact) mass is 258 g/mol. The summed E-state index contributed by atoms with van der Waals surface area (Å²) in [5, 5.41) is 3.84. The highest BCUT2D eigenvalue weighted by atomic mass is 15.1. The van der Waals surface area contributed by atoms with Gasteiger partial charge in [0.15, 0.2) is 0 Å². The fourth-order valence-corrected chi connectivity index (χ4v) is 3.47. The van der Waals surface area contributed by atoms with Crippen LogP contribution in [0.15, 0.2) is 24.3 Å². The molecule has 1 saturated carbocycles. The summed E-state index contributed by atoms with van der Waals surface area (Å²) in [6.45, 7) is 5.81. The Balaban J connectivity index is 1.70.